The van der Waals surface area contributed by atoms with Gasteiger partial charge in [-0.2, -0.15) is 26.3 Å². The maximum Gasteiger partial charge on any atom is 0.453 e. The van der Waals surface area contributed by atoms with Crippen LogP contribution in [0.1, 0.15) is 27.2 Å². The molecule has 0 aliphatic carbocycles. The maximum absolute atomic E-state index is 13.1. The molecule has 0 aromatic carbocycles. The minimum atomic E-state index is -5.96. The lowest BCUT2D eigenvalue weighted by atomic mass is 9.90. The molecular weight excluding hydrogens is 406 g/mol. The van der Waals surface area contributed by atoms with Gasteiger partial charge in [-0.25, -0.2) is 4.79 Å². The molecule has 5 atom stereocenters. The third kappa shape index (κ3) is 2.94. The average molecular weight is 422 g/mol. The molecule has 5 unspecified atom stereocenters. The summed E-state index contributed by atoms with van der Waals surface area (Å²) in [7, 11) is 0. The van der Waals surface area contributed by atoms with Gasteiger partial charge in [0, 0.05) is 0 Å². The molecule has 28 heavy (non-hydrogen) atoms. The van der Waals surface area contributed by atoms with Gasteiger partial charge in [-0.3, -0.25) is 4.79 Å². The SMILES string of the molecule is CCC(C)(C)C(=O)OC1C(=O)OC2C3OC(C(F)(F)F)(C(F)(F)F)OC3OC12. The minimum Gasteiger partial charge on any atom is -0.454 e. The van der Waals surface area contributed by atoms with Crippen LogP contribution in [-0.4, -0.2) is 60.8 Å². The van der Waals surface area contributed by atoms with Crippen molar-refractivity contribution in [2.45, 2.75) is 76.0 Å². The summed E-state index contributed by atoms with van der Waals surface area (Å²) >= 11 is 0. The van der Waals surface area contributed by atoms with Gasteiger partial charge in [0.1, 0.15) is 6.10 Å². The fourth-order valence-corrected chi connectivity index (χ4v) is 2.93. The second-order valence-electron chi connectivity index (χ2n) is 7.25. The summed E-state index contributed by atoms with van der Waals surface area (Å²) in [6, 6.07) is 0. The molecule has 3 fully saturated rings. The Kier molecular flexibility index (Phi) is 4.67. The molecule has 0 saturated carbocycles. The molecule has 0 amide bonds. The summed E-state index contributed by atoms with van der Waals surface area (Å²) in [6.07, 6.45) is -20.5. The summed E-state index contributed by atoms with van der Waals surface area (Å²) in [6.45, 7) is 4.75. The van der Waals surface area contributed by atoms with Gasteiger partial charge in [0.05, 0.1) is 5.41 Å². The number of fused-ring (bicyclic) bond motifs is 3. The van der Waals surface area contributed by atoms with Gasteiger partial charge >= 0.3 is 30.1 Å². The molecule has 0 spiro atoms. The second-order valence-corrected chi connectivity index (χ2v) is 7.25. The van der Waals surface area contributed by atoms with E-state index in [1.54, 1.807) is 6.92 Å². The van der Waals surface area contributed by atoms with E-state index in [0.717, 1.165) is 0 Å². The summed E-state index contributed by atoms with van der Waals surface area (Å²) in [4.78, 5) is 24.1. The first kappa shape index (κ1) is 21.1. The van der Waals surface area contributed by atoms with Crippen molar-refractivity contribution in [1.82, 2.24) is 0 Å². The van der Waals surface area contributed by atoms with Crippen LogP contribution in [-0.2, 0) is 33.3 Å². The van der Waals surface area contributed by atoms with E-state index in [-0.39, 0.29) is 0 Å². The van der Waals surface area contributed by atoms with Crippen LogP contribution >= 0.6 is 0 Å². The molecule has 0 radical (unpaired) electrons. The largest absolute Gasteiger partial charge is 0.454 e. The molecule has 13 heteroatoms. The number of hydrogen-bond acceptors (Lipinski definition) is 7. The van der Waals surface area contributed by atoms with E-state index < -0.39 is 66.2 Å². The Hall–Kier alpha value is -1.60. The lowest BCUT2D eigenvalue weighted by Gasteiger charge is -2.32. The van der Waals surface area contributed by atoms with Gasteiger partial charge in [-0.15, -0.1) is 0 Å². The van der Waals surface area contributed by atoms with Crippen molar-refractivity contribution < 1.29 is 59.6 Å². The third-order valence-electron chi connectivity index (χ3n) is 4.99. The van der Waals surface area contributed by atoms with E-state index >= 15 is 0 Å². The molecule has 160 valence electrons. The normalized spacial score (nSPS) is 34.8. The summed E-state index contributed by atoms with van der Waals surface area (Å²) in [5.41, 5.74) is -0.985. The van der Waals surface area contributed by atoms with Gasteiger partial charge < -0.3 is 23.7 Å². The maximum atomic E-state index is 13.1. The topological polar surface area (TPSA) is 80.3 Å². The van der Waals surface area contributed by atoms with Crippen LogP contribution in [0.5, 0.6) is 0 Å². The Bertz CT molecular complexity index is 659. The highest BCUT2D eigenvalue weighted by molar-refractivity contribution is 5.84. The first-order valence-electron chi connectivity index (χ1n) is 8.21. The average Bonchev–Trinajstić information content (AvgIpc) is 3.16. The monoisotopic (exact) mass is 422 g/mol. The highest BCUT2D eigenvalue weighted by Gasteiger charge is 2.82. The number of carbonyl (C=O) groups is 2. The van der Waals surface area contributed by atoms with Crippen LogP contribution in [0.25, 0.3) is 0 Å². The zero-order chi connectivity index (χ0) is 21.3. The number of alkyl halides is 6. The number of rotatable bonds is 3. The number of esters is 2. The zero-order valence-electron chi connectivity index (χ0n) is 14.7. The van der Waals surface area contributed by atoms with Crippen molar-refractivity contribution >= 4 is 11.9 Å². The molecule has 3 aliphatic rings. The van der Waals surface area contributed by atoms with E-state index in [9.17, 15) is 35.9 Å². The van der Waals surface area contributed by atoms with Crippen molar-refractivity contribution in [1.29, 1.82) is 0 Å². The molecule has 0 N–H and O–H groups in total. The Balaban J connectivity index is 1.80. The zero-order valence-corrected chi connectivity index (χ0v) is 14.7. The molecule has 3 saturated heterocycles. The standard InChI is InChI=1S/C15H16F6O7/c1-4-12(2,3)11(23)26-7-5-6(24-9(7)22)8-10(25-5)28-13(27-8,14(16,17)18)15(19,20)21/h5-8,10H,4H2,1-3H3. The minimum absolute atomic E-state index is 0.347. The summed E-state index contributed by atoms with van der Waals surface area (Å²) < 4.78 is 101. The molecule has 3 rings (SSSR count). The number of halogens is 6. The molecule has 7 nitrogen and oxygen atoms in total. The van der Waals surface area contributed by atoms with E-state index in [0.29, 0.717) is 6.42 Å². The van der Waals surface area contributed by atoms with Crippen LogP contribution in [0.4, 0.5) is 26.3 Å². The van der Waals surface area contributed by atoms with Gasteiger partial charge in [-0.1, -0.05) is 6.92 Å². The third-order valence-corrected chi connectivity index (χ3v) is 4.99. The van der Waals surface area contributed by atoms with Gasteiger partial charge in [-0.05, 0) is 20.3 Å². The van der Waals surface area contributed by atoms with E-state index in [2.05, 4.69) is 9.47 Å². The van der Waals surface area contributed by atoms with Gasteiger partial charge in [0.25, 0.3) is 0 Å². The van der Waals surface area contributed by atoms with Crippen molar-refractivity contribution in [3.8, 4) is 0 Å². The van der Waals surface area contributed by atoms with E-state index in [4.69, 9.17) is 14.2 Å². The summed E-state index contributed by atoms with van der Waals surface area (Å²) in [5, 5.41) is 0. The summed E-state index contributed by atoms with van der Waals surface area (Å²) in [5.74, 6) is -6.88. The first-order chi connectivity index (χ1) is 12.6. The molecule has 0 aromatic heterocycles. The van der Waals surface area contributed by atoms with Crippen molar-refractivity contribution in [2.75, 3.05) is 0 Å². The van der Waals surface area contributed by atoms with Crippen LogP contribution in [0, 0.1) is 5.41 Å². The van der Waals surface area contributed by atoms with Crippen molar-refractivity contribution in [3.63, 3.8) is 0 Å². The Morgan fingerprint density at radius 1 is 1.04 bits per heavy atom. The van der Waals surface area contributed by atoms with E-state index in [1.807, 2.05) is 0 Å². The molecular formula is C15H16F6O7. The predicted molar refractivity (Wildman–Crippen MR) is 73.3 cm³/mol. The van der Waals surface area contributed by atoms with Crippen LogP contribution in [0.2, 0.25) is 0 Å². The van der Waals surface area contributed by atoms with Crippen molar-refractivity contribution in [2.24, 2.45) is 5.41 Å². The van der Waals surface area contributed by atoms with E-state index in [1.165, 1.54) is 13.8 Å². The molecule has 3 heterocycles. The molecule has 3 aliphatic heterocycles. The lowest BCUT2D eigenvalue weighted by molar-refractivity contribution is -0.455. The lowest BCUT2D eigenvalue weighted by Crippen LogP contribution is -2.59. The number of ether oxygens (including phenoxy) is 5. The van der Waals surface area contributed by atoms with Gasteiger partial charge in [0.2, 0.25) is 6.10 Å². The van der Waals surface area contributed by atoms with Gasteiger partial charge in [0.15, 0.2) is 18.5 Å². The predicted octanol–water partition coefficient (Wildman–Crippen LogP) is 2.22. The number of hydrogen-bond donors (Lipinski definition) is 0. The first-order valence-corrected chi connectivity index (χ1v) is 8.21. The quantitative estimate of drug-likeness (QED) is 0.510. The Labute approximate surface area is 154 Å². The Morgan fingerprint density at radius 2 is 1.61 bits per heavy atom. The highest BCUT2D eigenvalue weighted by atomic mass is 19.4. The van der Waals surface area contributed by atoms with Crippen LogP contribution in [0.15, 0.2) is 0 Å². The fraction of sp³-hybridized carbons (Fsp3) is 0.867. The van der Waals surface area contributed by atoms with Crippen molar-refractivity contribution in [3.05, 3.63) is 0 Å². The molecule has 0 bridgehead atoms. The fourth-order valence-electron chi connectivity index (χ4n) is 2.93. The molecule has 0 aromatic rings. The second kappa shape index (κ2) is 6.20. The highest BCUT2D eigenvalue weighted by Crippen LogP contribution is 2.55. The van der Waals surface area contributed by atoms with Crippen LogP contribution in [0.3, 0.4) is 0 Å². The van der Waals surface area contributed by atoms with Crippen LogP contribution < -0.4 is 0 Å². The number of carbonyl (C=O) groups excluding carboxylic acids is 2. The smallest absolute Gasteiger partial charge is 0.453 e. The Morgan fingerprint density at radius 3 is 2.11 bits per heavy atom.